The molecule has 2 heterocycles. The Kier molecular flexibility index (Phi) is 6.90. The summed E-state index contributed by atoms with van der Waals surface area (Å²) in [7, 11) is 1.60. The van der Waals surface area contributed by atoms with Crippen molar-refractivity contribution < 1.29 is 13.9 Å². The lowest BCUT2D eigenvalue weighted by Crippen LogP contribution is -2.21. The first-order chi connectivity index (χ1) is 15.6. The molecular weight excluding hydrogens is 404 g/mol. The van der Waals surface area contributed by atoms with Crippen molar-refractivity contribution in [2.75, 3.05) is 25.5 Å². The molecule has 0 unspecified atom stereocenters. The van der Waals surface area contributed by atoms with E-state index in [1.54, 1.807) is 13.2 Å². The molecule has 0 radical (unpaired) electrons. The molecule has 32 heavy (non-hydrogen) atoms. The maximum atomic E-state index is 12.8. The molecular formula is C26H30N2O4. The van der Waals surface area contributed by atoms with Gasteiger partial charge in [0.25, 0.3) is 5.91 Å². The summed E-state index contributed by atoms with van der Waals surface area (Å²) in [5.74, 6) is 0.221. The number of ether oxygens (including phenoxy) is 1. The fourth-order valence-electron chi connectivity index (χ4n) is 4.25. The number of hydrogen-bond acceptors (Lipinski definition) is 5. The summed E-state index contributed by atoms with van der Waals surface area (Å²) in [4.78, 5) is 27.9. The van der Waals surface area contributed by atoms with Crippen LogP contribution in [0.1, 0.15) is 54.1 Å². The molecule has 0 saturated carbocycles. The quantitative estimate of drug-likeness (QED) is 0.506. The smallest absolute Gasteiger partial charge is 0.349 e. The molecule has 6 heteroatoms. The third kappa shape index (κ3) is 4.86. The van der Waals surface area contributed by atoms with Crippen molar-refractivity contribution in [2.24, 2.45) is 0 Å². The third-order valence-electron chi connectivity index (χ3n) is 6.02. The average Bonchev–Trinajstić information content (AvgIpc) is 3.31. The number of anilines is 1. The van der Waals surface area contributed by atoms with E-state index in [1.807, 2.05) is 36.4 Å². The van der Waals surface area contributed by atoms with Gasteiger partial charge in [-0.05, 0) is 74.7 Å². The Hall–Kier alpha value is -3.12. The fourth-order valence-corrected chi connectivity index (χ4v) is 4.25. The van der Waals surface area contributed by atoms with Crippen LogP contribution in [0.3, 0.4) is 0 Å². The molecule has 1 aliphatic rings. The molecule has 2 aromatic carbocycles. The lowest BCUT2D eigenvalue weighted by Gasteiger charge is -2.15. The molecule has 1 aromatic heterocycles. The van der Waals surface area contributed by atoms with Crippen LogP contribution in [-0.2, 0) is 13.0 Å². The molecule has 1 saturated heterocycles. The molecule has 0 bridgehead atoms. The molecule has 6 nitrogen and oxygen atoms in total. The van der Waals surface area contributed by atoms with Crippen LogP contribution >= 0.6 is 0 Å². The lowest BCUT2D eigenvalue weighted by molar-refractivity contribution is 0.102. The minimum atomic E-state index is -0.647. The Balaban J connectivity index is 1.54. The zero-order valence-electron chi connectivity index (χ0n) is 18.8. The third-order valence-corrected chi connectivity index (χ3v) is 6.02. The summed E-state index contributed by atoms with van der Waals surface area (Å²) in [6, 6.07) is 13.1. The highest BCUT2D eigenvalue weighted by Gasteiger charge is 2.18. The first-order valence-electron chi connectivity index (χ1n) is 11.4. The number of benzene rings is 2. The van der Waals surface area contributed by atoms with Crippen LogP contribution in [0.25, 0.3) is 11.0 Å². The van der Waals surface area contributed by atoms with E-state index >= 15 is 0 Å². The van der Waals surface area contributed by atoms with Gasteiger partial charge in [0, 0.05) is 23.2 Å². The lowest BCUT2D eigenvalue weighted by atomic mass is 10.0. The summed E-state index contributed by atoms with van der Waals surface area (Å²) in [6.45, 7) is 5.31. The van der Waals surface area contributed by atoms with Gasteiger partial charge in [0.05, 0.1) is 7.11 Å². The van der Waals surface area contributed by atoms with Crippen LogP contribution in [0, 0.1) is 0 Å². The maximum Gasteiger partial charge on any atom is 0.349 e. The maximum absolute atomic E-state index is 12.8. The number of carbonyl (C=O) groups excluding carboxylic acids is 1. The Morgan fingerprint density at radius 3 is 2.56 bits per heavy atom. The minimum Gasteiger partial charge on any atom is -0.496 e. The van der Waals surface area contributed by atoms with E-state index in [0.29, 0.717) is 22.4 Å². The van der Waals surface area contributed by atoms with Crippen LogP contribution in [0.5, 0.6) is 5.75 Å². The molecule has 1 fully saturated rings. The van der Waals surface area contributed by atoms with Gasteiger partial charge in [-0.3, -0.25) is 9.69 Å². The van der Waals surface area contributed by atoms with E-state index < -0.39 is 11.5 Å². The van der Waals surface area contributed by atoms with E-state index in [1.165, 1.54) is 18.4 Å². The second kappa shape index (κ2) is 10.0. The first-order valence-corrected chi connectivity index (χ1v) is 11.4. The summed E-state index contributed by atoms with van der Waals surface area (Å²) < 4.78 is 11.1. The van der Waals surface area contributed by atoms with Crippen molar-refractivity contribution in [2.45, 2.75) is 45.6 Å². The molecule has 1 N–H and O–H groups in total. The Labute approximate surface area is 188 Å². The van der Waals surface area contributed by atoms with Crippen LogP contribution in [0.4, 0.5) is 5.69 Å². The summed E-state index contributed by atoms with van der Waals surface area (Å²) in [5.41, 5.74) is 2.56. The van der Waals surface area contributed by atoms with Crippen molar-refractivity contribution in [1.29, 1.82) is 0 Å². The van der Waals surface area contributed by atoms with Gasteiger partial charge in [0.1, 0.15) is 16.9 Å². The fraction of sp³-hybridized carbons (Fsp3) is 0.385. The molecule has 0 spiro atoms. The van der Waals surface area contributed by atoms with E-state index in [9.17, 15) is 9.59 Å². The van der Waals surface area contributed by atoms with Crippen molar-refractivity contribution >= 4 is 22.6 Å². The van der Waals surface area contributed by atoms with Crippen molar-refractivity contribution in [3.63, 3.8) is 0 Å². The Bertz CT molecular complexity index is 1140. The largest absolute Gasteiger partial charge is 0.496 e. The highest BCUT2D eigenvalue weighted by atomic mass is 16.5. The summed E-state index contributed by atoms with van der Waals surface area (Å²) in [5, 5.41) is 3.53. The monoisotopic (exact) mass is 434 g/mol. The van der Waals surface area contributed by atoms with Gasteiger partial charge in [-0.1, -0.05) is 25.5 Å². The number of amides is 1. The normalized spacial score (nSPS) is 14.1. The Morgan fingerprint density at radius 1 is 1.12 bits per heavy atom. The number of aryl methyl sites for hydroxylation is 1. The predicted octanol–water partition coefficient (Wildman–Crippen LogP) is 4.99. The number of hydrogen-bond donors (Lipinski definition) is 1. The second-order valence-corrected chi connectivity index (χ2v) is 8.35. The molecule has 3 aromatic rings. The second-order valence-electron chi connectivity index (χ2n) is 8.35. The van der Waals surface area contributed by atoms with Crippen LogP contribution in [0.2, 0.25) is 0 Å². The zero-order valence-corrected chi connectivity index (χ0v) is 18.8. The summed E-state index contributed by atoms with van der Waals surface area (Å²) in [6.07, 6.45) is 5.23. The van der Waals surface area contributed by atoms with Gasteiger partial charge < -0.3 is 14.5 Å². The number of nitrogens with one attached hydrogen (secondary N) is 1. The van der Waals surface area contributed by atoms with E-state index in [2.05, 4.69) is 17.1 Å². The van der Waals surface area contributed by atoms with Gasteiger partial charge >= 0.3 is 5.63 Å². The van der Waals surface area contributed by atoms with Crippen molar-refractivity contribution in [3.8, 4) is 5.75 Å². The number of methoxy groups -OCH3 is 1. The highest BCUT2D eigenvalue weighted by molar-refractivity contribution is 6.05. The van der Waals surface area contributed by atoms with Crippen molar-refractivity contribution in [1.82, 2.24) is 4.90 Å². The van der Waals surface area contributed by atoms with Gasteiger partial charge in [-0.25, -0.2) is 4.79 Å². The predicted molar refractivity (Wildman–Crippen MR) is 127 cm³/mol. The molecule has 168 valence electrons. The van der Waals surface area contributed by atoms with Gasteiger partial charge in [-0.2, -0.15) is 0 Å². The SMILES string of the molecule is CCCCc1c(OC)ccc2cc(C(=O)Nc3ccc(CN4CCCC4)cc3)c(=O)oc12. The van der Waals surface area contributed by atoms with Gasteiger partial charge in [0.15, 0.2) is 0 Å². The molecule has 4 rings (SSSR count). The molecule has 1 aliphatic heterocycles. The number of nitrogens with zero attached hydrogens (tertiary/aromatic N) is 1. The topological polar surface area (TPSA) is 71.8 Å². The summed E-state index contributed by atoms with van der Waals surface area (Å²) >= 11 is 0. The number of unbranched alkanes of at least 4 members (excludes halogenated alkanes) is 1. The van der Waals surface area contributed by atoms with E-state index in [0.717, 1.165) is 44.5 Å². The van der Waals surface area contributed by atoms with Crippen LogP contribution in [-0.4, -0.2) is 31.0 Å². The van der Waals surface area contributed by atoms with Gasteiger partial charge in [-0.15, -0.1) is 0 Å². The molecule has 0 aliphatic carbocycles. The molecule has 0 atom stereocenters. The minimum absolute atomic E-state index is 0.00903. The van der Waals surface area contributed by atoms with E-state index in [-0.39, 0.29) is 5.56 Å². The van der Waals surface area contributed by atoms with Crippen LogP contribution < -0.4 is 15.7 Å². The zero-order chi connectivity index (χ0) is 22.5. The van der Waals surface area contributed by atoms with Crippen molar-refractivity contribution in [3.05, 3.63) is 69.6 Å². The van der Waals surface area contributed by atoms with Crippen LogP contribution in [0.15, 0.2) is 51.7 Å². The average molecular weight is 435 g/mol. The molecule has 1 amide bonds. The number of rotatable bonds is 8. The number of likely N-dealkylation sites (tertiary alicyclic amines) is 1. The number of carbonyl (C=O) groups is 1. The number of fused-ring (bicyclic) bond motifs is 1. The standard InChI is InChI=1S/C26H30N2O4/c1-3-4-7-21-23(31-2)13-10-19-16-22(26(30)32-24(19)21)25(29)27-20-11-8-18(9-12-20)17-28-14-5-6-15-28/h8-13,16H,3-7,14-15,17H2,1-2H3,(H,27,29). The first kappa shape index (κ1) is 22.1. The highest BCUT2D eigenvalue weighted by Crippen LogP contribution is 2.29. The Morgan fingerprint density at radius 2 is 1.88 bits per heavy atom. The van der Waals surface area contributed by atoms with E-state index in [4.69, 9.17) is 9.15 Å². The van der Waals surface area contributed by atoms with Gasteiger partial charge in [0.2, 0.25) is 0 Å².